The van der Waals surface area contributed by atoms with E-state index in [1.54, 1.807) is 0 Å². The van der Waals surface area contributed by atoms with Gasteiger partial charge < -0.3 is 19.9 Å². The van der Waals surface area contributed by atoms with Gasteiger partial charge in [0.25, 0.3) is 0 Å². The molecule has 1 N–H and O–H groups in total. The third-order valence-corrected chi connectivity index (χ3v) is 6.22. The molecule has 0 bridgehead atoms. The van der Waals surface area contributed by atoms with Gasteiger partial charge in [-0.15, -0.1) is 0 Å². The first-order valence-corrected chi connectivity index (χ1v) is 11.3. The van der Waals surface area contributed by atoms with E-state index in [-0.39, 0.29) is 23.5 Å². The Morgan fingerprint density at radius 2 is 2.00 bits per heavy atom. The third-order valence-electron chi connectivity index (χ3n) is 6.22. The first-order chi connectivity index (χ1) is 15.2. The van der Waals surface area contributed by atoms with Crippen molar-refractivity contribution in [2.75, 3.05) is 36.0 Å². The molecule has 0 spiro atoms. The smallest absolute Gasteiger partial charge is 0.227 e. The lowest BCUT2D eigenvalue weighted by Crippen LogP contribution is -2.28. The van der Waals surface area contributed by atoms with Crippen molar-refractivity contribution >= 4 is 17.7 Å². The van der Waals surface area contributed by atoms with E-state index in [4.69, 9.17) is 4.74 Å². The van der Waals surface area contributed by atoms with Crippen LogP contribution in [0.4, 0.5) is 16.2 Å². The molecular formula is C24H32FN5O2. The summed E-state index contributed by atoms with van der Waals surface area (Å²) < 4.78 is 20.7. The molecule has 2 aromatic rings. The minimum absolute atomic E-state index is 0.0443. The number of nitrogens with one attached hydrogen (secondary N) is 1. The van der Waals surface area contributed by atoms with Crippen molar-refractivity contribution in [1.82, 2.24) is 15.3 Å². The first-order valence-electron chi connectivity index (χ1n) is 11.3. The summed E-state index contributed by atoms with van der Waals surface area (Å²) >= 11 is 0. The van der Waals surface area contributed by atoms with Crippen LogP contribution in [0.15, 0.2) is 30.5 Å². The van der Waals surface area contributed by atoms with Crippen LogP contribution < -0.4 is 19.9 Å². The van der Waals surface area contributed by atoms with Gasteiger partial charge in [0.15, 0.2) is 11.6 Å². The predicted octanol–water partition coefficient (Wildman–Crippen LogP) is 3.71. The number of amides is 1. The average molecular weight is 442 g/mol. The van der Waals surface area contributed by atoms with Crippen molar-refractivity contribution in [2.24, 2.45) is 5.41 Å². The third kappa shape index (κ3) is 5.11. The topological polar surface area (TPSA) is 70.6 Å². The van der Waals surface area contributed by atoms with Crippen LogP contribution in [0, 0.1) is 11.2 Å². The highest BCUT2D eigenvalue weighted by Crippen LogP contribution is 2.32. The predicted molar refractivity (Wildman–Crippen MR) is 123 cm³/mol. The molecule has 1 amide bonds. The molecule has 32 heavy (non-hydrogen) atoms. The van der Waals surface area contributed by atoms with E-state index < -0.39 is 5.82 Å². The summed E-state index contributed by atoms with van der Waals surface area (Å²) in [5, 5.41) is 2.87. The number of hydrogen-bond acceptors (Lipinski definition) is 6. The summed E-state index contributed by atoms with van der Waals surface area (Å²) in [4.78, 5) is 24.1. The van der Waals surface area contributed by atoms with Crippen molar-refractivity contribution in [3.63, 3.8) is 0 Å². The van der Waals surface area contributed by atoms with Crippen molar-refractivity contribution < 1.29 is 13.9 Å². The summed E-state index contributed by atoms with van der Waals surface area (Å²) in [6.45, 7) is 10.9. The molecule has 1 aromatic heterocycles. The summed E-state index contributed by atoms with van der Waals surface area (Å²) in [5.41, 5.74) is 1.24. The summed E-state index contributed by atoms with van der Waals surface area (Å²) in [7, 11) is 0. The molecule has 0 aliphatic carbocycles. The Balaban J connectivity index is 1.38. The molecule has 2 saturated heterocycles. The fourth-order valence-corrected chi connectivity index (χ4v) is 4.44. The van der Waals surface area contributed by atoms with Crippen LogP contribution in [0.3, 0.4) is 0 Å². The lowest BCUT2D eigenvalue weighted by molar-refractivity contribution is -0.119. The Morgan fingerprint density at radius 3 is 2.66 bits per heavy atom. The van der Waals surface area contributed by atoms with E-state index in [1.165, 1.54) is 13.1 Å². The Labute approximate surface area is 189 Å². The molecule has 172 valence electrons. The first kappa shape index (κ1) is 22.3. The quantitative estimate of drug-likeness (QED) is 0.737. The molecule has 8 heteroatoms. The van der Waals surface area contributed by atoms with Crippen LogP contribution in [0.1, 0.15) is 52.1 Å². The number of aromatic nitrogens is 2. The summed E-state index contributed by atoms with van der Waals surface area (Å²) in [6.07, 6.45) is 3.11. The highest BCUT2D eigenvalue weighted by molar-refractivity contribution is 5.73. The minimum Gasteiger partial charge on any atom is -0.489 e. The second-order valence-electron chi connectivity index (χ2n) is 9.64. The van der Waals surface area contributed by atoms with Crippen molar-refractivity contribution in [2.45, 2.75) is 52.7 Å². The number of carbonyl (C=O) groups is 1. The lowest BCUT2D eigenvalue weighted by Gasteiger charge is -2.23. The molecule has 2 aliphatic heterocycles. The number of benzene rings is 1. The molecular weight excluding hydrogens is 409 g/mol. The van der Waals surface area contributed by atoms with Crippen molar-refractivity contribution in [1.29, 1.82) is 0 Å². The van der Waals surface area contributed by atoms with Gasteiger partial charge in [-0.2, -0.15) is 4.98 Å². The summed E-state index contributed by atoms with van der Waals surface area (Å²) in [6, 6.07) is 7.68. The van der Waals surface area contributed by atoms with Crippen LogP contribution in [0.25, 0.3) is 0 Å². The molecule has 4 rings (SSSR count). The Kier molecular flexibility index (Phi) is 6.22. The summed E-state index contributed by atoms with van der Waals surface area (Å²) in [5.74, 6) is 1.26. The molecule has 0 saturated carbocycles. The van der Waals surface area contributed by atoms with Gasteiger partial charge in [-0.1, -0.05) is 26.0 Å². The van der Waals surface area contributed by atoms with E-state index in [9.17, 15) is 9.18 Å². The van der Waals surface area contributed by atoms with E-state index in [2.05, 4.69) is 34.0 Å². The van der Waals surface area contributed by atoms with E-state index in [0.717, 1.165) is 37.2 Å². The minimum atomic E-state index is -0.399. The van der Waals surface area contributed by atoms with Gasteiger partial charge in [0.1, 0.15) is 11.9 Å². The van der Waals surface area contributed by atoms with Gasteiger partial charge in [-0.25, -0.2) is 9.37 Å². The number of hydrogen-bond donors (Lipinski definition) is 1. The highest BCUT2D eigenvalue weighted by atomic mass is 19.1. The lowest BCUT2D eigenvalue weighted by atomic mass is 9.93. The van der Waals surface area contributed by atoms with Gasteiger partial charge in [0, 0.05) is 33.0 Å². The van der Waals surface area contributed by atoms with E-state index in [0.29, 0.717) is 24.9 Å². The molecule has 3 heterocycles. The largest absolute Gasteiger partial charge is 0.489 e. The Bertz CT molecular complexity index is 965. The Morgan fingerprint density at radius 1 is 1.25 bits per heavy atom. The fourth-order valence-electron chi connectivity index (χ4n) is 4.44. The standard InChI is InChI=1S/C24H32FN5O2/c1-16(27-17(2)31)18-5-7-19(8-6-18)32-20-9-11-29(14-20)22-21(25)13-26-23(28-22)30-12-10-24(3,4)15-30/h5-8,13,16,20H,9-12,14-15H2,1-4H3,(H,27,31)/t16-,20+/m0/s1. The maximum absolute atomic E-state index is 14.6. The molecule has 1 aromatic carbocycles. The second kappa shape index (κ2) is 8.92. The number of halogens is 1. The van der Waals surface area contributed by atoms with Gasteiger partial charge in [0.2, 0.25) is 11.9 Å². The zero-order valence-electron chi connectivity index (χ0n) is 19.3. The van der Waals surface area contributed by atoms with Crippen molar-refractivity contribution in [3.05, 3.63) is 41.8 Å². The number of ether oxygens (including phenoxy) is 1. The zero-order chi connectivity index (χ0) is 22.9. The normalized spacial score (nSPS) is 21.0. The molecule has 2 fully saturated rings. The molecule has 0 radical (unpaired) electrons. The highest BCUT2D eigenvalue weighted by Gasteiger charge is 2.32. The van der Waals surface area contributed by atoms with Crippen LogP contribution in [-0.2, 0) is 4.79 Å². The second-order valence-corrected chi connectivity index (χ2v) is 9.64. The SMILES string of the molecule is CC(=O)N[C@@H](C)c1ccc(O[C@@H]2CCN(c3nc(N4CCC(C)(C)C4)ncc3F)C2)cc1. The maximum atomic E-state index is 14.6. The monoisotopic (exact) mass is 441 g/mol. The van der Waals surface area contributed by atoms with Gasteiger partial charge in [-0.05, 0) is 36.5 Å². The number of carbonyl (C=O) groups excluding carboxylic acids is 1. The fraction of sp³-hybridized carbons (Fsp3) is 0.542. The van der Waals surface area contributed by atoms with Crippen molar-refractivity contribution in [3.8, 4) is 5.75 Å². The number of nitrogens with zero attached hydrogens (tertiary/aromatic N) is 4. The Hall–Kier alpha value is -2.90. The van der Waals surface area contributed by atoms with Crippen LogP contribution in [0.5, 0.6) is 5.75 Å². The van der Waals surface area contributed by atoms with Crippen LogP contribution >= 0.6 is 0 Å². The van der Waals surface area contributed by atoms with E-state index in [1.807, 2.05) is 36.1 Å². The van der Waals surface area contributed by atoms with Gasteiger partial charge in [-0.3, -0.25) is 4.79 Å². The van der Waals surface area contributed by atoms with Gasteiger partial charge in [0.05, 0.1) is 18.8 Å². The molecule has 7 nitrogen and oxygen atoms in total. The number of rotatable bonds is 6. The molecule has 2 aliphatic rings. The zero-order valence-corrected chi connectivity index (χ0v) is 19.3. The maximum Gasteiger partial charge on any atom is 0.227 e. The molecule has 2 atom stereocenters. The van der Waals surface area contributed by atoms with E-state index >= 15 is 0 Å². The van der Waals surface area contributed by atoms with Crippen LogP contribution in [0.2, 0.25) is 0 Å². The van der Waals surface area contributed by atoms with Gasteiger partial charge >= 0.3 is 0 Å². The average Bonchev–Trinajstić information content (AvgIpc) is 3.34. The number of anilines is 2. The van der Waals surface area contributed by atoms with Crippen LogP contribution in [-0.4, -0.2) is 48.2 Å². The molecule has 0 unspecified atom stereocenters.